The van der Waals surface area contributed by atoms with Crippen LogP contribution in [0.15, 0.2) is 30.3 Å². The van der Waals surface area contributed by atoms with Gasteiger partial charge in [-0.1, -0.05) is 12.1 Å². The van der Waals surface area contributed by atoms with Gasteiger partial charge in [-0.05, 0) is 40.4 Å². The average molecular weight is 365 g/mol. The van der Waals surface area contributed by atoms with Crippen LogP contribution < -0.4 is 0 Å². The molecule has 0 bridgehead atoms. The predicted molar refractivity (Wildman–Crippen MR) is 94.0 cm³/mol. The molecular formula is C18H15N5O4. The van der Waals surface area contributed by atoms with Gasteiger partial charge in [0.2, 0.25) is 0 Å². The van der Waals surface area contributed by atoms with Gasteiger partial charge in [-0.25, -0.2) is 4.68 Å². The first-order chi connectivity index (χ1) is 13.0. The van der Waals surface area contributed by atoms with Gasteiger partial charge in [-0.15, -0.1) is 5.10 Å². The van der Waals surface area contributed by atoms with E-state index in [2.05, 4.69) is 15.5 Å². The number of carbonyl (C=O) groups is 3. The SMILES string of the molecule is Cn1nnnc1-c1cc2c3c(cccc3c1)C(=O)N(CCCC(=O)O)C2=O. The molecule has 2 heterocycles. The van der Waals surface area contributed by atoms with E-state index in [1.807, 2.05) is 12.1 Å². The molecule has 0 saturated carbocycles. The number of aliphatic carboxylic acids is 1. The highest BCUT2D eigenvalue weighted by molar-refractivity contribution is 6.26. The Kier molecular flexibility index (Phi) is 3.91. The summed E-state index contributed by atoms with van der Waals surface area (Å²) in [6.45, 7) is 0.0511. The highest BCUT2D eigenvalue weighted by atomic mass is 16.4. The molecule has 4 rings (SSSR count). The molecule has 0 fully saturated rings. The topological polar surface area (TPSA) is 118 Å². The number of tetrazole rings is 1. The second-order valence-corrected chi connectivity index (χ2v) is 6.31. The summed E-state index contributed by atoms with van der Waals surface area (Å²) in [5.41, 5.74) is 1.48. The Balaban J connectivity index is 1.84. The van der Waals surface area contributed by atoms with Crippen LogP contribution >= 0.6 is 0 Å². The Morgan fingerprint density at radius 1 is 1.15 bits per heavy atom. The number of benzene rings is 2. The Morgan fingerprint density at radius 3 is 2.63 bits per heavy atom. The summed E-state index contributed by atoms with van der Waals surface area (Å²) in [4.78, 5) is 37.6. The van der Waals surface area contributed by atoms with Crippen LogP contribution in [-0.4, -0.2) is 54.5 Å². The lowest BCUT2D eigenvalue weighted by molar-refractivity contribution is -0.137. The van der Waals surface area contributed by atoms with Crippen molar-refractivity contribution in [3.05, 3.63) is 41.5 Å². The van der Waals surface area contributed by atoms with Crippen LogP contribution in [0.1, 0.15) is 33.6 Å². The molecule has 0 unspecified atom stereocenters. The van der Waals surface area contributed by atoms with E-state index in [-0.39, 0.29) is 19.4 Å². The zero-order chi connectivity index (χ0) is 19.1. The second kappa shape index (κ2) is 6.27. The third kappa shape index (κ3) is 2.73. The number of carboxylic acid groups (broad SMARTS) is 1. The molecule has 9 nitrogen and oxygen atoms in total. The lowest BCUT2D eigenvalue weighted by Gasteiger charge is -2.27. The zero-order valence-electron chi connectivity index (χ0n) is 14.4. The quantitative estimate of drug-likeness (QED) is 0.681. The van der Waals surface area contributed by atoms with E-state index in [0.717, 1.165) is 10.3 Å². The predicted octanol–water partition coefficient (Wildman–Crippen LogP) is 1.49. The minimum absolute atomic E-state index is 0.0511. The van der Waals surface area contributed by atoms with Gasteiger partial charge in [0.1, 0.15) is 0 Å². The first-order valence-corrected chi connectivity index (χ1v) is 8.35. The number of carboxylic acids is 1. The van der Waals surface area contributed by atoms with Gasteiger partial charge < -0.3 is 5.11 Å². The fourth-order valence-electron chi connectivity index (χ4n) is 3.35. The van der Waals surface area contributed by atoms with Crippen molar-refractivity contribution in [1.82, 2.24) is 25.1 Å². The highest BCUT2D eigenvalue weighted by Crippen LogP contribution is 2.33. The molecule has 1 aliphatic rings. The smallest absolute Gasteiger partial charge is 0.303 e. The van der Waals surface area contributed by atoms with Gasteiger partial charge in [-0.2, -0.15) is 0 Å². The van der Waals surface area contributed by atoms with Gasteiger partial charge in [-0.3, -0.25) is 19.3 Å². The zero-order valence-corrected chi connectivity index (χ0v) is 14.4. The summed E-state index contributed by atoms with van der Waals surface area (Å²) in [7, 11) is 1.70. The Hall–Kier alpha value is -3.62. The fourth-order valence-corrected chi connectivity index (χ4v) is 3.35. The number of imide groups is 1. The van der Waals surface area contributed by atoms with Crippen LogP contribution in [0, 0.1) is 0 Å². The third-order valence-corrected chi connectivity index (χ3v) is 4.58. The average Bonchev–Trinajstić information content (AvgIpc) is 3.07. The lowest BCUT2D eigenvalue weighted by Crippen LogP contribution is -2.41. The van der Waals surface area contributed by atoms with Crippen LogP contribution in [0.3, 0.4) is 0 Å². The maximum absolute atomic E-state index is 13.0. The van der Waals surface area contributed by atoms with E-state index in [0.29, 0.717) is 27.9 Å². The molecular weight excluding hydrogens is 350 g/mol. The summed E-state index contributed by atoms with van der Waals surface area (Å²) in [5, 5.41) is 21.6. The van der Waals surface area contributed by atoms with Crippen molar-refractivity contribution in [2.24, 2.45) is 7.05 Å². The van der Waals surface area contributed by atoms with E-state index >= 15 is 0 Å². The van der Waals surface area contributed by atoms with Crippen LogP contribution in [0.4, 0.5) is 0 Å². The van der Waals surface area contributed by atoms with Gasteiger partial charge >= 0.3 is 5.97 Å². The molecule has 2 amide bonds. The number of amides is 2. The van der Waals surface area contributed by atoms with Crippen molar-refractivity contribution < 1.29 is 19.5 Å². The first-order valence-electron chi connectivity index (χ1n) is 8.35. The molecule has 0 spiro atoms. The minimum Gasteiger partial charge on any atom is -0.481 e. The van der Waals surface area contributed by atoms with Crippen molar-refractivity contribution in [1.29, 1.82) is 0 Å². The summed E-state index contributed by atoms with van der Waals surface area (Å²) >= 11 is 0. The molecule has 136 valence electrons. The molecule has 27 heavy (non-hydrogen) atoms. The van der Waals surface area contributed by atoms with E-state index < -0.39 is 17.8 Å². The van der Waals surface area contributed by atoms with E-state index in [4.69, 9.17) is 5.11 Å². The normalized spacial score (nSPS) is 13.4. The number of aromatic nitrogens is 4. The Morgan fingerprint density at radius 2 is 1.93 bits per heavy atom. The monoisotopic (exact) mass is 365 g/mol. The summed E-state index contributed by atoms with van der Waals surface area (Å²) in [5.74, 6) is -1.31. The number of hydrogen-bond donors (Lipinski definition) is 1. The molecule has 3 aromatic rings. The number of rotatable bonds is 5. The minimum atomic E-state index is -0.966. The molecule has 0 aliphatic carbocycles. The van der Waals surface area contributed by atoms with Gasteiger partial charge in [0.05, 0.1) is 0 Å². The number of hydrogen-bond acceptors (Lipinski definition) is 6. The van der Waals surface area contributed by atoms with Gasteiger partial charge in [0.15, 0.2) is 5.82 Å². The number of carbonyl (C=O) groups excluding carboxylic acids is 2. The molecule has 9 heteroatoms. The molecule has 0 saturated heterocycles. The van der Waals surface area contributed by atoms with Crippen LogP contribution in [0.2, 0.25) is 0 Å². The third-order valence-electron chi connectivity index (χ3n) is 4.58. The number of nitrogens with zero attached hydrogens (tertiary/aromatic N) is 5. The van der Waals surface area contributed by atoms with Crippen molar-refractivity contribution in [3.8, 4) is 11.4 Å². The van der Waals surface area contributed by atoms with Gasteiger partial charge in [0, 0.05) is 42.1 Å². The standard InChI is InChI=1S/C18H15N5O4/c1-22-16(19-20-21-22)11-8-10-4-2-5-12-15(10)13(9-11)18(27)23(17(12)26)7-3-6-14(24)25/h2,4-5,8-9H,3,6-7H2,1H3,(H,24,25). The molecule has 1 N–H and O–H groups in total. The van der Waals surface area contributed by atoms with E-state index in [9.17, 15) is 14.4 Å². The Bertz CT molecular complexity index is 1100. The molecule has 1 aromatic heterocycles. The van der Waals surface area contributed by atoms with E-state index in [1.165, 1.54) is 4.68 Å². The maximum atomic E-state index is 13.0. The van der Waals surface area contributed by atoms with Crippen molar-refractivity contribution in [3.63, 3.8) is 0 Å². The Labute approximate surface area is 153 Å². The molecule has 2 aromatic carbocycles. The van der Waals surface area contributed by atoms with E-state index in [1.54, 1.807) is 25.2 Å². The highest BCUT2D eigenvalue weighted by Gasteiger charge is 2.33. The largest absolute Gasteiger partial charge is 0.481 e. The second-order valence-electron chi connectivity index (χ2n) is 6.31. The van der Waals surface area contributed by atoms with Crippen molar-refractivity contribution in [2.75, 3.05) is 6.54 Å². The van der Waals surface area contributed by atoms with Crippen LogP contribution in [0.25, 0.3) is 22.2 Å². The summed E-state index contributed by atoms with van der Waals surface area (Å²) in [6, 6.07) is 8.78. The maximum Gasteiger partial charge on any atom is 0.303 e. The van der Waals surface area contributed by atoms with Gasteiger partial charge in [0.25, 0.3) is 11.8 Å². The van der Waals surface area contributed by atoms with Crippen LogP contribution in [0.5, 0.6) is 0 Å². The lowest BCUT2D eigenvalue weighted by atomic mass is 9.92. The van der Waals surface area contributed by atoms with Crippen molar-refractivity contribution >= 4 is 28.6 Å². The van der Waals surface area contributed by atoms with Crippen LogP contribution in [-0.2, 0) is 11.8 Å². The molecule has 0 radical (unpaired) electrons. The first kappa shape index (κ1) is 16.8. The molecule has 1 aliphatic heterocycles. The summed E-state index contributed by atoms with van der Waals surface area (Å²) in [6.07, 6.45) is 0.0871. The fraction of sp³-hybridized carbons (Fsp3) is 0.222. The molecule has 0 atom stereocenters. The summed E-state index contributed by atoms with van der Waals surface area (Å²) < 4.78 is 1.50. The number of aryl methyl sites for hydroxylation is 1. The van der Waals surface area contributed by atoms with Crippen molar-refractivity contribution in [2.45, 2.75) is 12.8 Å².